The maximum Gasteiger partial charge on any atom is 0.0406 e. The molecule has 0 bridgehead atoms. The van der Waals surface area contributed by atoms with Crippen LogP contribution in [0.3, 0.4) is 0 Å². The van der Waals surface area contributed by atoms with Gasteiger partial charge in [0.05, 0.1) is 0 Å². The fourth-order valence-electron chi connectivity index (χ4n) is 5.55. The number of rotatable bonds is 11. The number of thioether (sulfide) groups is 1. The van der Waals surface area contributed by atoms with Crippen LogP contribution in [0.25, 0.3) is 22.3 Å². The minimum atomic E-state index is 0.778. The summed E-state index contributed by atoms with van der Waals surface area (Å²) < 4.78 is 0. The van der Waals surface area contributed by atoms with Crippen molar-refractivity contribution in [2.24, 2.45) is 0 Å². The molecule has 0 amide bonds. The van der Waals surface area contributed by atoms with Crippen LogP contribution in [0.5, 0.6) is 0 Å². The van der Waals surface area contributed by atoms with Crippen LogP contribution in [-0.4, -0.2) is 26.2 Å². The van der Waals surface area contributed by atoms with Crippen molar-refractivity contribution >= 4 is 34.7 Å². The van der Waals surface area contributed by atoms with Crippen molar-refractivity contribution in [3.8, 4) is 22.3 Å². The Bertz CT molecular complexity index is 1440. The number of hydrogen-bond donors (Lipinski definition) is 0. The Balaban J connectivity index is 1.89. The number of benzene rings is 4. The van der Waals surface area contributed by atoms with Crippen molar-refractivity contribution < 1.29 is 0 Å². The SMILES string of the molecule is CCN(CC)c1ccc(-c2ccc(C)c(SCc3ccc(Cl)cc3)c2-c2ccc(N(CC)CC)cc2C)c(C)c1. The molecule has 4 aromatic carbocycles. The van der Waals surface area contributed by atoms with E-state index in [0.29, 0.717) is 0 Å². The molecule has 4 rings (SSSR count). The first-order valence-corrected chi connectivity index (χ1v) is 15.9. The molecule has 0 fully saturated rings. The zero-order valence-corrected chi connectivity index (χ0v) is 26.7. The van der Waals surface area contributed by atoms with E-state index >= 15 is 0 Å². The van der Waals surface area contributed by atoms with Gasteiger partial charge in [0.2, 0.25) is 0 Å². The van der Waals surface area contributed by atoms with Crippen LogP contribution in [0.15, 0.2) is 77.7 Å². The van der Waals surface area contributed by atoms with Gasteiger partial charge in [-0.05, 0) is 124 Å². The molecule has 0 radical (unpaired) electrons. The average molecular weight is 571 g/mol. The molecule has 4 aromatic rings. The maximum absolute atomic E-state index is 6.17. The predicted molar refractivity (Wildman–Crippen MR) is 180 cm³/mol. The zero-order valence-electron chi connectivity index (χ0n) is 25.1. The first kappa shape index (κ1) is 30.1. The minimum absolute atomic E-state index is 0.778. The average Bonchev–Trinajstić information content (AvgIpc) is 2.95. The lowest BCUT2D eigenvalue weighted by atomic mass is 9.88. The molecule has 0 atom stereocenters. The molecule has 0 saturated heterocycles. The van der Waals surface area contributed by atoms with Crippen LogP contribution in [-0.2, 0) is 5.75 Å². The van der Waals surface area contributed by atoms with Crippen LogP contribution >= 0.6 is 23.4 Å². The van der Waals surface area contributed by atoms with E-state index in [1.54, 1.807) is 0 Å². The van der Waals surface area contributed by atoms with Crippen LogP contribution in [0.2, 0.25) is 5.02 Å². The second kappa shape index (κ2) is 13.7. The molecule has 0 aromatic heterocycles. The molecule has 0 aliphatic rings. The van der Waals surface area contributed by atoms with E-state index in [1.807, 2.05) is 23.9 Å². The Hall–Kier alpha value is -2.88. The van der Waals surface area contributed by atoms with Gasteiger partial charge in [0.25, 0.3) is 0 Å². The van der Waals surface area contributed by atoms with Crippen molar-refractivity contribution in [2.75, 3.05) is 36.0 Å². The van der Waals surface area contributed by atoms with E-state index in [1.165, 1.54) is 60.8 Å². The van der Waals surface area contributed by atoms with Gasteiger partial charge in [0.15, 0.2) is 0 Å². The highest BCUT2D eigenvalue weighted by molar-refractivity contribution is 7.98. The molecule has 4 heteroatoms. The normalized spacial score (nSPS) is 11.1. The number of halogens is 1. The third-order valence-electron chi connectivity index (χ3n) is 7.89. The summed E-state index contributed by atoms with van der Waals surface area (Å²) in [7, 11) is 0. The number of nitrogens with zero attached hydrogens (tertiary/aromatic N) is 2. The van der Waals surface area contributed by atoms with Crippen molar-refractivity contribution in [3.05, 3.63) is 100 Å². The molecule has 0 aliphatic heterocycles. The van der Waals surface area contributed by atoms with Crippen LogP contribution in [0.1, 0.15) is 49.9 Å². The topological polar surface area (TPSA) is 6.48 Å². The number of hydrogen-bond acceptors (Lipinski definition) is 3. The summed E-state index contributed by atoms with van der Waals surface area (Å²) >= 11 is 8.10. The van der Waals surface area contributed by atoms with Gasteiger partial charge in [0.1, 0.15) is 0 Å². The van der Waals surface area contributed by atoms with Gasteiger partial charge in [-0.25, -0.2) is 0 Å². The second-order valence-electron chi connectivity index (χ2n) is 10.4. The molecule has 0 N–H and O–H groups in total. The van der Waals surface area contributed by atoms with E-state index in [2.05, 4.69) is 119 Å². The maximum atomic E-state index is 6.17. The summed E-state index contributed by atoms with van der Waals surface area (Å²) in [6.07, 6.45) is 0. The molecular weight excluding hydrogens is 528 g/mol. The van der Waals surface area contributed by atoms with Gasteiger partial charge in [-0.3, -0.25) is 0 Å². The Labute approximate surface area is 251 Å². The lowest BCUT2D eigenvalue weighted by molar-refractivity contribution is 0.865. The van der Waals surface area contributed by atoms with E-state index in [0.717, 1.165) is 37.0 Å². The Kier molecular flexibility index (Phi) is 10.3. The molecule has 0 aliphatic carbocycles. The Morgan fingerprint density at radius 3 is 1.57 bits per heavy atom. The highest BCUT2D eigenvalue weighted by Gasteiger charge is 2.19. The van der Waals surface area contributed by atoms with Gasteiger partial charge < -0.3 is 9.80 Å². The molecule has 0 saturated carbocycles. The zero-order chi connectivity index (χ0) is 28.8. The number of anilines is 2. The van der Waals surface area contributed by atoms with E-state index in [9.17, 15) is 0 Å². The van der Waals surface area contributed by atoms with Crippen LogP contribution in [0.4, 0.5) is 11.4 Å². The fraction of sp³-hybridized carbons (Fsp3) is 0.333. The molecule has 2 nitrogen and oxygen atoms in total. The van der Waals surface area contributed by atoms with E-state index in [4.69, 9.17) is 11.6 Å². The fourth-order valence-corrected chi connectivity index (χ4v) is 6.84. The summed E-state index contributed by atoms with van der Waals surface area (Å²) in [5.74, 6) is 0.894. The molecule has 210 valence electrons. The largest absolute Gasteiger partial charge is 0.372 e. The minimum Gasteiger partial charge on any atom is -0.372 e. The van der Waals surface area contributed by atoms with Gasteiger partial charge in [-0.15, -0.1) is 11.8 Å². The lowest BCUT2D eigenvalue weighted by Gasteiger charge is -2.25. The van der Waals surface area contributed by atoms with Crippen molar-refractivity contribution in [2.45, 2.75) is 59.1 Å². The summed E-state index contributed by atoms with van der Waals surface area (Å²) in [6, 6.07) is 26.8. The smallest absolute Gasteiger partial charge is 0.0406 e. The van der Waals surface area contributed by atoms with Gasteiger partial charge in [-0.2, -0.15) is 0 Å². The summed E-state index contributed by atoms with van der Waals surface area (Å²) in [5, 5.41) is 0.778. The highest BCUT2D eigenvalue weighted by Crippen LogP contribution is 2.45. The van der Waals surface area contributed by atoms with Crippen molar-refractivity contribution in [3.63, 3.8) is 0 Å². The summed E-state index contributed by atoms with van der Waals surface area (Å²) in [5.41, 5.74) is 13.0. The molecule has 0 unspecified atom stereocenters. The third-order valence-corrected chi connectivity index (χ3v) is 9.43. The predicted octanol–water partition coefficient (Wildman–Crippen LogP) is 10.6. The first-order chi connectivity index (χ1) is 19.3. The standard InChI is InChI=1S/C36H43ClN2S/c1-8-38(9-2)30-17-20-32(26(6)22-30)34-19-12-25(5)36(40-24-28-13-15-29(37)16-14-28)35(34)33-21-18-31(23-27(33)7)39(10-3)11-4/h12-23H,8-11,24H2,1-7H3. The second-order valence-corrected chi connectivity index (χ2v) is 11.8. The van der Waals surface area contributed by atoms with E-state index in [-0.39, 0.29) is 0 Å². The van der Waals surface area contributed by atoms with Crippen molar-refractivity contribution in [1.82, 2.24) is 0 Å². The lowest BCUT2D eigenvalue weighted by Crippen LogP contribution is -2.21. The van der Waals surface area contributed by atoms with Gasteiger partial charge >= 0.3 is 0 Å². The third kappa shape index (κ3) is 6.53. The quantitative estimate of drug-likeness (QED) is 0.166. The first-order valence-electron chi connectivity index (χ1n) is 14.5. The summed E-state index contributed by atoms with van der Waals surface area (Å²) in [6.45, 7) is 19.7. The van der Waals surface area contributed by atoms with E-state index < -0.39 is 0 Å². The number of aryl methyl sites for hydroxylation is 3. The Morgan fingerprint density at radius 1 is 0.575 bits per heavy atom. The van der Waals surface area contributed by atoms with Gasteiger partial charge in [-0.1, -0.05) is 48.0 Å². The van der Waals surface area contributed by atoms with Crippen molar-refractivity contribution in [1.29, 1.82) is 0 Å². The highest BCUT2D eigenvalue weighted by atomic mass is 35.5. The summed E-state index contributed by atoms with van der Waals surface area (Å²) in [4.78, 5) is 6.18. The molecule has 0 spiro atoms. The molecule has 0 heterocycles. The van der Waals surface area contributed by atoms with Gasteiger partial charge in [0, 0.05) is 58.8 Å². The monoisotopic (exact) mass is 570 g/mol. The molecule has 40 heavy (non-hydrogen) atoms. The van der Waals surface area contributed by atoms with Crippen LogP contribution in [0, 0.1) is 20.8 Å². The Morgan fingerprint density at radius 2 is 1.07 bits per heavy atom. The molecular formula is C36H43ClN2S. The van der Waals surface area contributed by atoms with Crippen LogP contribution < -0.4 is 9.80 Å².